The van der Waals surface area contributed by atoms with Crippen molar-refractivity contribution < 1.29 is 19.3 Å². The van der Waals surface area contributed by atoms with Gasteiger partial charge in [-0.3, -0.25) is 4.79 Å². The van der Waals surface area contributed by atoms with Crippen LogP contribution in [0.25, 0.3) is 0 Å². The highest BCUT2D eigenvalue weighted by atomic mass is 16.5. The molecule has 1 N–H and O–H groups in total. The predicted octanol–water partition coefficient (Wildman–Crippen LogP) is 1.68. The molecule has 128 valence electrons. The van der Waals surface area contributed by atoms with Gasteiger partial charge in [0.05, 0.1) is 13.2 Å². The van der Waals surface area contributed by atoms with E-state index in [0.29, 0.717) is 23.7 Å². The lowest BCUT2D eigenvalue weighted by molar-refractivity contribution is -0.349. The fraction of sp³-hybridized carbons (Fsp3) is 0.300. The number of rotatable bonds is 4. The van der Waals surface area contributed by atoms with Gasteiger partial charge in [-0.2, -0.15) is 0 Å². The van der Waals surface area contributed by atoms with E-state index < -0.39 is 0 Å². The third-order valence-corrected chi connectivity index (χ3v) is 4.76. The zero-order chi connectivity index (χ0) is 17.2. The summed E-state index contributed by atoms with van der Waals surface area (Å²) >= 11 is 0. The van der Waals surface area contributed by atoms with Crippen LogP contribution >= 0.6 is 0 Å². The first-order valence-corrected chi connectivity index (χ1v) is 8.56. The summed E-state index contributed by atoms with van der Waals surface area (Å²) in [6.45, 7) is 1.25. The topological polar surface area (TPSA) is 52.7 Å². The van der Waals surface area contributed by atoms with E-state index in [4.69, 9.17) is 9.47 Å². The van der Waals surface area contributed by atoms with Crippen molar-refractivity contribution in [2.75, 3.05) is 13.7 Å². The number of hydrogen-bond donors (Lipinski definition) is 1. The van der Waals surface area contributed by atoms with Crippen molar-refractivity contribution in [2.45, 2.75) is 25.5 Å². The number of hydrogen-bond acceptors (Lipinski definition) is 3. The van der Waals surface area contributed by atoms with Gasteiger partial charge < -0.3 is 14.4 Å². The van der Waals surface area contributed by atoms with Crippen LogP contribution in [0.4, 0.5) is 5.69 Å². The maximum absolute atomic E-state index is 12.8. The minimum Gasteiger partial charge on any atom is -0.493 e. The highest BCUT2D eigenvalue weighted by molar-refractivity contribution is 6.01. The molecule has 1 saturated heterocycles. The van der Waals surface area contributed by atoms with Crippen molar-refractivity contribution in [3.8, 4) is 11.5 Å². The van der Waals surface area contributed by atoms with Crippen molar-refractivity contribution in [2.24, 2.45) is 0 Å². The molecule has 2 aliphatic rings. The Morgan fingerprint density at radius 2 is 2.04 bits per heavy atom. The van der Waals surface area contributed by atoms with E-state index >= 15 is 0 Å². The first kappa shape index (κ1) is 15.7. The molecule has 0 radical (unpaired) electrons. The number of methoxy groups -OCH3 is 1. The lowest BCUT2D eigenvalue weighted by Gasteiger charge is -2.18. The fourth-order valence-electron chi connectivity index (χ4n) is 3.42. The molecule has 2 aliphatic heterocycles. The number of fused-ring (bicyclic) bond motifs is 2. The Bertz CT molecular complexity index is 817. The molecule has 0 aliphatic carbocycles. The molecule has 0 unspecified atom stereocenters. The molecule has 0 spiro atoms. The van der Waals surface area contributed by atoms with Gasteiger partial charge in [-0.25, -0.2) is 4.99 Å². The molecular formula is C20H21N2O3+. The quantitative estimate of drug-likeness (QED) is 0.923. The minimum absolute atomic E-state index is 0.0478. The molecule has 5 nitrogen and oxygen atoms in total. The summed E-state index contributed by atoms with van der Waals surface area (Å²) in [6, 6.07) is 13.8. The van der Waals surface area contributed by atoms with Gasteiger partial charge in [0.1, 0.15) is 18.2 Å². The summed E-state index contributed by atoms with van der Waals surface area (Å²) in [5.74, 6) is 1.25. The van der Waals surface area contributed by atoms with Gasteiger partial charge in [0, 0.05) is 12.6 Å². The molecular weight excluding hydrogens is 316 g/mol. The Morgan fingerprint density at radius 1 is 1.20 bits per heavy atom. The third kappa shape index (κ3) is 2.97. The molecule has 2 aromatic rings. The first-order valence-electron chi connectivity index (χ1n) is 8.56. The molecule has 2 aromatic carbocycles. The maximum Gasteiger partial charge on any atom is 0.261 e. The van der Waals surface area contributed by atoms with E-state index in [-0.39, 0.29) is 11.9 Å². The smallest absolute Gasteiger partial charge is 0.261 e. The number of carbonyl (C=O) groups excluding carboxylic acids is 1. The van der Waals surface area contributed by atoms with Gasteiger partial charge in [0.2, 0.25) is 5.69 Å². The normalized spacial score (nSPS) is 18.5. The number of carbonyl (C=O) groups is 1. The largest absolute Gasteiger partial charge is 0.493 e. The van der Waals surface area contributed by atoms with Crippen LogP contribution in [0, 0.1) is 0 Å². The van der Waals surface area contributed by atoms with Gasteiger partial charge >= 0.3 is 0 Å². The Labute approximate surface area is 146 Å². The van der Waals surface area contributed by atoms with Crippen LogP contribution in [0.15, 0.2) is 42.5 Å². The van der Waals surface area contributed by atoms with Crippen LogP contribution in [-0.2, 0) is 6.61 Å². The second-order valence-corrected chi connectivity index (χ2v) is 6.34. The Balaban J connectivity index is 1.65. The van der Waals surface area contributed by atoms with Gasteiger partial charge in [-0.05, 0) is 18.4 Å². The van der Waals surface area contributed by atoms with Crippen LogP contribution < -0.4 is 14.5 Å². The maximum atomic E-state index is 12.8. The van der Waals surface area contributed by atoms with E-state index in [1.54, 1.807) is 13.2 Å². The predicted molar refractivity (Wildman–Crippen MR) is 94.5 cm³/mol. The second kappa shape index (κ2) is 6.59. The number of amides is 1. The standard InChI is InChI=1S/C20H20N2O3/c1-24-18-10-16-17(21-12-15-8-5-9-22(15)20(16)23)11-19(18)25-13-14-6-3-2-4-7-14/h2-4,6-7,10-12,15H,5,8-9,13H2,1H3/p+1/t15-/m0/s1. The van der Waals surface area contributed by atoms with Crippen LogP contribution in [0.5, 0.6) is 11.5 Å². The van der Waals surface area contributed by atoms with Crippen LogP contribution in [0.2, 0.25) is 0 Å². The summed E-state index contributed by atoms with van der Waals surface area (Å²) in [4.78, 5) is 18.1. The SMILES string of the molecule is COc1cc2c(cc1OCc1ccccc1)[NH+]=C[C@@H]1CCCN1C2=O. The van der Waals surface area contributed by atoms with Gasteiger partial charge in [0.15, 0.2) is 17.7 Å². The summed E-state index contributed by atoms with van der Waals surface area (Å²) < 4.78 is 11.4. The van der Waals surface area contributed by atoms with Crippen LogP contribution in [0.3, 0.4) is 0 Å². The molecule has 0 saturated carbocycles. The Morgan fingerprint density at radius 3 is 2.84 bits per heavy atom. The van der Waals surface area contributed by atoms with Crippen molar-refractivity contribution in [1.29, 1.82) is 0 Å². The average Bonchev–Trinajstić information content (AvgIpc) is 3.08. The number of nitrogens with zero attached hydrogens (tertiary/aromatic N) is 1. The van der Waals surface area contributed by atoms with Gasteiger partial charge in [0.25, 0.3) is 5.91 Å². The Kier molecular flexibility index (Phi) is 4.14. The summed E-state index contributed by atoms with van der Waals surface area (Å²) in [5.41, 5.74) is 2.48. The van der Waals surface area contributed by atoms with E-state index in [1.807, 2.05) is 47.5 Å². The van der Waals surface area contributed by atoms with Crippen molar-refractivity contribution >= 4 is 17.8 Å². The summed E-state index contributed by atoms with van der Waals surface area (Å²) in [6.07, 6.45) is 4.05. The van der Waals surface area contributed by atoms with Crippen molar-refractivity contribution in [3.63, 3.8) is 0 Å². The number of benzene rings is 2. The molecule has 25 heavy (non-hydrogen) atoms. The monoisotopic (exact) mass is 337 g/mol. The molecule has 1 fully saturated rings. The lowest BCUT2D eigenvalue weighted by atomic mass is 10.1. The van der Waals surface area contributed by atoms with Crippen LogP contribution in [-0.4, -0.2) is 36.7 Å². The Hall–Kier alpha value is -2.82. The summed E-state index contributed by atoms with van der Waals surface area (Å²) in [7, 11) is 1.59. The van der Waals surface area contributed by atoms with E-state index in [1.165, 1.54) is 0 Å². The highest BCUT2D eigenvalue weighted by Gasteiger charge is 2.35. The molecule has 5 heteroatoms. The van der Waals surface area contributed by atoms with Crippen LogP contribution in [0.1, 0.15) is 28.8 Å². The third-order valence-electron chi connectivity index (χ3n) is 4.76. The van der Waals surface area contributed by atoms with E-state index in [9.17, 15) is 4.79 Å². The first-order chi connectivity index (χ1) is 12.3. The number of nitrogens with one attached hydrogen (secondary N) is 1. The average molecular weight is 337 g/mol. The molecule has 0 aromatic heterocycles. The van der Waals surface area contributed by atoms with E-state index in [2.05, 4.69) is 4.99 Å². The minimum atomic E-state index is 0.0478. The second-order valence-electron chi connectivity index (χ2n) is 6.34. The number of ether oxygens (including phenoxy) is 2. The van der Waals surface area contributed by atoms with Gasteiger partial charge in [-0.1, -0.05) is 30.3 Å². The van der Waals surface area contributed by atoms with Crippen molar-refractivity contribution in [3.05, 3.63) is 53.6 Å². The van der Waals surface area contributed by atoms with E-state index in [0.717, 1.165) is 30.6 Å². The zero-order valence-corrected chi connectivity index (χ0v) is 14.2. The molecule has 1 amide bonds. The lowest BCUT2D eigenvalue weighted by Crippen LogP contribution is -2.63. The fourth-order valence-corrected chi connectivity index (χ4v) is 3.42. The van der Waals surface area contributed by atoms with Crippen molar-refractivity contribution in [1.82, 2.24) is 4.90 Å². The zero-order valence-electron chi connectivity index (χ0n) is 14.2. The molecule has 2 heterocycles. The molecule has 1 atom stereocenters. The van der Waals surface area contributed by atoms with Gasteiger partial charge in [-0.15, -0.1) is 0 Å². The molecule has 4 rings (SSSR count). The highest BCUT2D eigenvalue weighted by Crippen LogP contribution is 2.34. The molecule has 0 bridgehead atoms. The summed E-state index contributed by atoms with van der Waals surface area (Å²) in [5, 5.41) is 0.